The Balaban J connectivity index is 2.13. The van der Waals surface area contributed by atoms with Crippen LogP contribution in [0.15, 0.2) is 23.8 Å². The van der Waals surface area contributed by atoms with Gasteiger partial charge in [0.05, 0.1) is 9.21 Å². The van der Waals surface area contributed by atoms with Crippen LogP contribution in [0.5, 0.6) is 0 Å². The number of carbonyl (C=O) groups excluding carboxylic acids is 2. The van der Waals surface area contributed by atoms with E-state index in [-0.39, 0.29) is 11.4 Å². The largest absolute Gasteiger partial charge is 0.453 e. The Labute approximate surface area is 167 Å². The maximum absolute atomic E-state index is 12.2. The first-order valence-corrected chi connectivity index (χ1v) is 9.66. The molecule has 0 N–H and O–H groups in total. The Hall–Kier alpha value is -2.36. The summed E-state index contributed by atoms with van der Waals surface area (Å²) >= 11 is 6.91. The summed E-state index contributed by atoms with van der Waals surface area (Å²) in [6.45, 7) is 8.62. The second-order valence-electron chi connectivity index (χ2n) is 6.60. The number of ether oxygens (including phenoxy) is 1. The molecule has 0 aliphatic carbocycles. The van der Waals surface area contributed by atoms with E-state index >= 15 is 0 Å². The quantitative estimate of drug-likeness (QED) is 0.287. The van der Waals surface area contributed by atoms with E-state index < -0.39 is 12.6 Å². The molecule has 0 saturated carbocycles. The lowest BCUT2D eigenvalue weighted by Gasteiger charge is -2.12. The molecule has 27 heavy (non-hydrogen) atoms. The minimum atomic E-state index is -0.817. The van der Waals surface area contributed by atoms with Crippen LogP contribution in [0.4, 0.5) is 0 Å². The van der Waals surface area contributed by atoms with Crippen molar-refractivity contribution < 1.29 is 14.3 Å². The Morgan fingerprint density at radius 3 is 2.63 bits per heavy atom. The standard InChI is InChI=1S/C20H21ClN2O3S/c1-12(2)10-23-13(3)7-15(14(23)4)8-16(9-22)20(25)26-11-17(24)18-5-6-19(21)27-18/h5-8,12H,10-11H2,1-4H3. The zero-order valence-electron chi connectivity index (χ0n) is 15.7. The molecule has 0 amide bonds. The van der Waals surface area contributed by atoms with Crippen molar-refractivity contribution in [1.82, 2.24) is 4.57 Å². The molecule has 2 rings (SSSR count). The molecule has 2 aromatic heterocycles. The van der Waals surface area contributed by atoms with E-state index in [1.807, 2.05) is 26.0 Å². The van der Waals surface area contributed by atoms with Gasteiger partial charge >= 0.3 is 5.97 Å². The molecule has 7 heteroatoms. The van der Waals surface area contributed by atoms with Crippen molar-refractivity contribution in [3.05, 3.63) is 49.9 Å². The van der Waals surface area contributed by atoms with Gasteiger partial charge in [0, 0.05) is 17.9 Å². The molecule has 0 spiro atoms. The number of aromatic nitrogens is 1. The first-order chi connectivity index (χ1) is 12.7. The van der Waals surface area contributed by atoms with Crippen LogP contribution in [0.1, 0.15) is 40.5 Å². The molecule has 2 aromatic rings. The lowest BCUT2D eigenvalue weighted by molar-refractivity contribution is -0.137. The van der Waals surface area contributed by atoms with Crippen LogP contribution >= 0.6 is 22.9 Å². The van der Waals surface area contributed by atoms with Crippen LogP contribution in [0, 0.1) is 31.1 Å². The summed E-state index contributed by atoms with van der Waals surface area (Å²) in [5.74, 6) is -0.696. The van der Waals surface area contributed by atoms with Crippen molar-refractivity contribution in [2.24, 2.45) is 5.92 Å². The number of nitrogens with zero attached hydrogens (tertiary/aromatic N) is 2. The molecule has 0 aromatic carbocycles. The van der Waals surface area contributed by atoms with Crippen LogP contribution in [-0.4, -0.2) is 22.9 Å². The Bertz CT molecular complexity index is 932. The number of nitriles is 1. The van der Waals surface area contributed by atoms with Crippen molar-refractivity contribution in [3.63, 3.8) is 0 Å². The molecule has 0 unspecified atom stereocenters. The molecular formula is C20H21ClN2O3S. The van der Waals surface area contributed by atoms with Gasteiger partial charge in [-0.25, -0.2) is 4.79 Å². The van der Waals surface area contributed by atoms with Gasteiger partial charge in [-0.1, -0.05) is 25.4 Å². The molecule has 5 nitrogen and oxygen atoms in total. The highest BCUT2D eigenvalue weighted by Crippen LogP contribution is 2.22. The third-order valence-corrected chi connectivity index (χ3v) is 5.26. The Morgan fingerprint density at radius 2 is 2.07 bits per heavy atom. The highest BCUT2D eigenvalue weighted by molar-refractivity contribution is 7.18. The summed E-state index contributed by atoms with van der Waals surface area (Å²) in [5, 5.41) is 9.33. The molecule has 2 heterocycles. The minimum absolute atomic E-state index is 0.142. The number of Topliss-reactive ketones (excluding diaryl/α,β-unsaturated/α-hetero) is 1. The van der Waals surface area contributed by atoms with Gasteiger partial charge in [-0.3, -0.25) is 4.79 Å². The number of esters is 1. The molecular weight excluding hydrogens is 384 g/mol. The predicted octanol–water partition coefficient (Wildman–Crippen LogP) is 4.81. The maximum atomic E-state index is 12.2. The highest BCUT2D eigenvalue weighted by atomic mass is 35.5. The smallest absolute Gasteiger partial charge is 0.349 e. The average molecular weight is 405 g/mol. The average Bonchev–Trinajstić information content (AvgIpc) is 3.15. The summed E-state index contributed by atoms with van der Waals surface area (Å²) in [6, 6.07) is 6.98. The van der Waals surface area contributed by atoms with Gasteiger partial charge in [0.15, 0.2) is 6.61 Å². The molecule has 0 fully saturated rings. The summed E-state index contributed by atoms with van der Waals surface area (Å²) in [4.78, 5) is 24.6. The van der Waals surface area contributed by atoms with Crippen LogP contribution < -0.4 is 0 Å². The Morgan fingerprint density at radius 1 is 1.37 bits per heavy atom. The minimum Gasteiger partial charge on any atom is -0.453 e. The first kappa shape index (κ1) is 20.9. The van der Waals surface area contributed by atoms with Crippen molar-refractivity contribution in [2.45, 2.75) is 34.2 Å². The van der Waals surface area contributed by atoms with Gasteiger partial charge in [-0.15, -0.1) is 11.3 Å². The van der Waals surface area contributed by atoms with Gasteiger partial charge in [0.25, 0.3) is 0 Å². The fraction of sp³-hybridized carbons (Fsp3) is 0.350. The van der Waals surface area contributed by atoms with Crippen LogP contribution in [0.3, 0.4) is 0 Å². The fourth-order valence-corrected chi connectivity index (χ4v) is 3.62. The Kier molecular flexibility index (Phi) is 7.00. The third-order valence-electron chi connectivity index (χ3n) is 3.98. The van der Waals surface area contributed by atoms with Crippen molar-refractivity contribution in [3.8, 4) is 6.07 Å². The predicted molar refractivity (Wildman–Crippen MR) is 107 cm³/mol. The number of hydrogen-bond acceptors (Lipinski definition) is 5. The highest BCUT2D eigenvalue weighted by Gasteiger charge is 2.17. The van der Waals surface area contributed by atoms with Crippen LogP contribution in [0.25, 0.3) is 6.08 Å². The molecule has 0 saturated heterocycles. The number of hydrogen-bond donors (Lipinski definition) is 0. The number of ketones is 1. The molecule has 142 valence electrons. The molecule has 0 aliphatic heterocycles. The number of thiophene rings is 1. The number of rotatable bonds is 7. The van der Waals surface area contributed by atoms with Crippen molar-refractivity contribution >= 4 is 40.8 Å². The topological polar surface area (TPSA) is 72.1 Å². The fourth-order valence-electron chi connectivity index (χ4n) is 2.66. The molecule has 0 atom stereocenters. The summed E-state index contributed by atoms with van der Waals surface area (Å²) in [5.41, 5.74) is 2.68. The number of halogens is 1. The number of carbonyl (C=O) groups is 2. The van der Waals surface area contributed by atoms with E-state index in [2.05, 4.69) is 18.4 Å². The van der Waals surface area contributed by atoms with Gasteiger partial charge in [0.2, 0.25) is 5.78 Å². The first-order valence-electron chi connectivity index (χ1n) is 8.47. The summed E-state index contributed by atoms with van der Waals surface area (Å²) < 4.78 is 7.65. The van der Waals surface area contributed by atoms with E-state index in [9.17, 15) is 14.9 Å². The van der Waals surface area contributed by atoms with E-state index in [1.165, 1.54) is 6.08 Å². The normalized spacial score (nSPS) is 11.5. The molecule has 0 radical (unpaired) electrons. The third kappa shape index (κ3) is 5.31. The van der Waals surface area contributed by atoms with Crippen LogP contribution in [0.2, 0.25) is 4.34 Å². The second kappa shape index (κ2) is 9.03. The number of aryl methyl sites for hydroxylation is 1. The van der Waals surface area contributed by atoms with Gasteiger partial charge in [-0.2, -0.15) is 5.26 Å². The lowest BCUT2D eigenvalue weighted by Crippen LogP contribution is -2.14. The van der Waals surface area contributed by atoms with Gasteiger partial charge in [0.1, 0.15) is 11.6 Å². The maximum Gasteiger partial charge on any atom is 0.349 e. The van der Waals surface area contributed by atoms with E-state index in [0.717, 1.165) is 34.8 Å². The second-order valence-corrected chi connectivity index (χ2v) is 8.32. The van der Waals surface area contributed by atoms with Crippen LogP contribution in [-0.2, 0) is 16.1 Å². The monoisotopic (exact) mass is 404 g/mol. The lowest BCUT2D eigenvalue weighted by atomic mass is 10.1. The zero-order chi connectivity index (χ0) is 20.1. The van der Waals surface area contributed by atoms with E-state index in [0.29, 0.717) is 15.1 Å². The van der Waals surface area contributed by atoms with Crippen molar-refractivity contribution in [2.75, 3.05) is 6.61 Å². The van der Waals surface area contributed by atoms with E-state index in [4.69, 9.17) is 16.3 Å². The van der Waals surface area contributed by atoms with Gasteiger partial charge < -0.3 is 9.30 Å². The van der Waals surface area contributed by atoms with E-state index in [1.54, 1.807) is 12.1 Å². The molecule has 0 bridgehead atoms. The molecule has 0 aliphatic rings. The SMILES string of the molecule is Cc1cc(C=C(C#N)C(=O)OCC(=O)c2ccc(Cl)s2)c(C)n1CC(C)C. The van der Waals surface area contributed by atoms with Crippen molar-refractivity contribution in [1.29, 1.82) is 5.26 Å². The van der Waals surface area contributed by atoms with Gasteiger partial charge in [-0.05, 0) is 49.6 Å². The summed E-state index contributed by atoms with van der Waals surface area (Å²) in [7, 11) is 0. The zero-order valence-corrected chi connectivity index (χ0v) is 17.3. The summed E-state index contributed by atoms with van der Waals surface area (Å²) in [6.07, 6.45) is 1.51.